The Morgan fingerprint density at radius 3 is 2.37 bits per heavy atom. The van der Waals surface area contributed by atoms with E-state index in [0.29, 0.717) is 16.1 Å². The van der Waals surface area contributed by atoms with Crippen LogP contribution in [0.3, 0.4) is 0 Å². The van der Waals surface area contributed by atoms with Gasteiger partial charge in [0.2, 0.25) is 0 Å². The number of benzene rings is 3. The van der Waals surface area contributed by atoms with Gasteiger partial charge in [-0.1, -0.05) is 17.7 Å². The van der Waals surface area contributed by atoms with Crippen molar-refractivity contribution in [2.75, 3.05) is 6.26 Å². The molecule has 5 rings (SSSR count). The Balaban J connectivity index is 1.77. The highest BCUT2D eigenvalue weighted by Gasteiger charge is 2.21. The molecule has 0 fully saturated rings. The zero-order chi connectivity index (χ0) is 27.2. The Morgan fingerprint density at radius 2 is 1.74 bits per heavy atom. The quantitative estimate of drug-likeness (QED) is 0.293. The highest BCUT2D eigenvalue weighted by atomic mass is 35.5. The van der Waals surface area contributed by atoms with Crippen molar-refractivity contribution < 1.29 is 17.9 Å². The Labute approximate surface area is 224 Å². The van der Waals surface area contributed by atoms with E-state index in [4.69, 9.17) is 11.6 Å². The normalized spacial score (nSPS) is 11.7. The molecule has 0 atom stereocenters. The van der Waals surface area contributed by atoms with Crippen LogP contribution in [0.5, 0.6) is 0 Å². The molecule has 5 aromatic rings. The number of aliphatic hydroxyl groups excluding tert-OH is 1. The SMILES string of the molecule is Cc1cn(-c2ccc(-c3cc(F)c(CO)c(S(C)(=O)=O)c3)cc2-c2ccnn2-c2ccc(Cl)cc2)c(C)n1. The van der Waals surface area contributed by atoms with Crippen LogP contribution in [0.2, 0.25) is 5.02 Å². The molecule has 0 aliphatic heterocycles. The second kappa shape index (κ2) is 9.83. The summed E-state index contributed by atoms with van der Waals surface area (Å²) in [5, 5.41) is 14.7. The molecule has 38 heavy (non-hydrogen) atoms. The van der Waals surface area contributed by atoms with Gasteiger partial charge in [0.1, 0.15) is 11.6 Å². The minimum absolute atomic E-state index is 0.243. The summed E-state index contributed by atoms with van der Waals surface area (Å²) in [6.45, 7) is 3.09. The number of hydrogen-bond donors (Lipinski definition) is 1. The maximum atomic E-state index is 15.0. The van der Waals surface area contributed by atoms with E-state index < -0.39 is 22.3 Å². The van der Waals surface area contributed by atoms with Crippen LogP contribution in [0.25, 0.3) is 33.8 Å². The summed E-state index contributed by atoms with van der Waals surface area (Å²) < 4.78 is 43.5. The number of imidazole rings is 1. The minimum Gasteiger partial charge on any atom is -0.392 e. The van der Waals surface area contributed by atoms with Crippen molar-refractivity contribution in [2.24, 2.45) is 0 Å². The number of hydrogen-bond acceptors (Lipinski definition) is 5. The van der Waals surface area contributed by atoms with E-state index in [0.717, 1.165) is 40.4 Å². The molecule has 3 aromatic carbocycles. The average Bonchev–Trinajstić information content (AvgIpc) is 3.49. The van der Waals surface area contributed by atoms with Gasteiger partial charge in [-0.25, -0.2) is 22.5 Å². The fourth-order valence-electron chi connectivity index (χ4n) is 4.55. The largest absolute Gasteiger partial charge is 0.392 e. The number of halogens is 2. The van der Waals surface area contributed by atoms with Gasteiger partial charge in [0, 0.05) is 28.6 Å². The van der Waals surface area contributed by atoms with Gasteiger partial charge < -0.3 is 9.67 Å². The molecule has 0 amide bonds. The molecule has 0 spiro atoms. The van der Waals surface area contributed by atoms with Gasteiger partial charge in [-0.15, -0.1) is 0 Å². The maximum Gasteiger partial charge on any atom is 0.176 e. The molecular formula is C28H24ClFN4O3S. The highest BCUT2D eigenvalue weighted by molar-refractivity contribution is 7.90. The molecule has 7 nitrogen and oxygen atoms in total. The fraction of sp³-hybridized carbons (Fsp3) is 0.143. The fourth-order valence-corrected chi connectivity index (χ4v) is 5.63. The van der Waals surface area contributed by atoms with Crippen molar-refractivity contribution in [2.45, 2.75) is 25.3 Å². The molecule has 0 saturated heterocycles. The third-order valence-electron chi connectivity index (χ3n) is 6.29. The van der Waals surface area contributed by atoms with Crippen LogP contribution < -0.4 is 0 Å². The number of aromatic nitrogens is 4. The van der Waals surface area contributed by atoms with Gasteiger partial charge in [-0.05, 0) is 79.6 Å². The summed E-state index contributed by atoms with van der Waals surface area (Å²) in [6.07, 6.45) is 4.60. The van der Waals surface area contributed by atoms with Gasteiger partial charge in [0.15, 0.2) is 9.84 Å². The van der Waals surface area contributed by atoms with E-state index in [1.165, 1.54) is 12.1 Å². The van der Waals surface area contributed by atoms with Crippen LogP contribution in [0, 0.1) is 19.7 Å². The number of nitrogens with zero attached hydrogens (tertiary/aromatic N) is 4. The van der Waals surface area contributed by atoms with Crippen LogP contribution >= 0.6 is 11.6 Å². The van der Waals surface area contributed by atoms with E-state index in [1.54, 1.807) is 29.1 Å². The maximum absolute atomic E-state index is 15.0. The summed E-state index contributed by atoms with van der Waals surface area (Å²) in [5.41, 5.74) is 4.69. The van der Waals surface area contributed by atoms with E-state index in [2.05, 4.69) is 10.1 Å². The number of aliphatic hydroxyl groups is 1. The van der Waals surface area contributed by atoms with E-state index in [1.807, 2.05) is 54.9 Å². The monoisotopic (exact) mass is 550 g/mol. The van der Waals surface area contributed by atoms with Crippen molar-refractivity contribution in [3.8, 4) is 33.8 Å². The van der Waals surface area contributed by atoms with Gasteiger partial charge in [-0.2, -0.15) is 5.10 Å². The lowest BCUT2D eigenvalue weighted by molar-refractivity contribution is 0.272. The van der Waals surface area contributed by atoms with Crippen molar-refractivity contribution in [1.82, 2.24) is 19.3 Å². The molecule has 0 saturated carbocycles. The summed E-state index contributed by atoms with van der Waals surface area (Å²) in [4.78, 5) is 4.29. The number of aryl methyl sites for hydroxylation is 2. The van der Waals surface area contributed by atoms with Crippen LogP contribution in [0.1, 0.15) is 17.1 Å². The summed E-state index contributed by atoms with van der Waals surface area (Å²) in [7, 11) is -3.79. The molecule has 0 aliphatic rings. The summed E-state index contributed by atoms with van der Waals surface area (Å²) in [6, 6.07) is 17.3. The van der Waals surface area contributed by atoms with E-state index in [9.17, 15) is 17.9 Å². The lowest BCUT2D eigenvalue weighted by Gasteiger charge is -2.17. The molecular weight excluding hydrogens is 527 g/mol. The predicted molar refractivity (Wildman–Crippen MR) is 145 cm³/mol. The predicted octanol–water partition coefficient (Wildman–Crippen LogP) is 5.70. The van der Waals surface area contributed by atoms with Crippen molar-refractivity contribution in [3.05, 3.63) is 101 Å². The average molecular weight is 551 g/mol. The van der Waals surface area contributed by atoms with Crippen LogP contribution in [-0.2, 0) is 16.4 Å². The Bertz CT molecular complexity index is 1780. The second-order valence-corrected chi connectivity index (χ2v) is 11.4. The first-order valence-electron chi connectivity index (χ1n) is 11.7. The van der Waals surface area contributed by atoms with E-state index >= 15 is 0 Å². The zero-order valence-electron chi connectivity index (χ0n) is 20.9. The molecule has 0 aliphatic carbocycles. The number of sulfone groups is 1. The molecule has 194 valence electrons. The highest BCUT2D eigenvalue weighted by Crippen LogP contribution is 2.35. The molecule has 0 bridgehead atoms. The first-order chi connectivity index (χ1) is 18.1. The molecule has 2 heterocycles. The summed E-state index contributed by atoms with van der Waals surface area (Å²) >= 11 is 6.09. The molecule has 2 aromatic heterocycles. The third kappa shape index (κ3) is 4.76. The summed E-state index contributed by atoms with van der Waals surface area (Å²) in [5.74, 6) is -0.00454. The zero-order valence-corrected chi connectivity index (χ0v) is 22.4. The Morgan fingerprint density at radius 1 is 1.00 bits per heavy atom. The second-order valence-electron chi connectivity index (χ2n) is 9.00. The molecule has 0 radical (unpaired) electrons. The Hall–Kier alpha value is -3.79. The molecule has 1 N–H and O–H groups in total. The Kier molecular flexibility index (Phi) is 6.68. The van der Waals surface area contributed by atoms with Crippen molar-refractivity contribution >= 4 is 21.4 Å². The third-order valence-corrected chi connectivity index (χ3v) is 7.71. The van der Waals surface area contributed by atoms with Crippen molar-refractivity contribution in [3.63, 3.8) is 0 Å². The van der Waals surface area contributed by atoms with Crippen LogP contribution in [0.4, 0.5) is 4.39 Å². The first kappa shape index (κ1) is 25.8. The van der Waals surface area contributed by atoms with Gasteiger partial charge in [0.05, 0.1) is 40.5 Å². The molecule has 0 unspecified atom stereocenters. The van der Waals surface area contributed by atoms with Crippen LogP contribution in [0.15, 0.2) is 78.0 Å². The standard InChI is InChI=1S/C28H24ClFN4O3S/c1-17-15-33(18(2)32-17)26-9-4-19(20-13-25(30)24(16-35)28(14-20)38(3,36)37)12-23(26)27-10-11-31-34(27)22-7-5-21(29)6-8-22/h4-15,35H,16H2,1-3H3. The van der Waals surface area contributed by atoms with Gasteiger partial charge >= 0.3 is 0 Å². The van der Waals surface area contributed by atoms with E-state index in [-0.39, 0.29) is 10.5 Å². The minimum atomic E-state index is -3.79. The van der Waals surface area contributed by atoms with Crippen LogP contribution in [-0.4, -0.2) is 39.1 Å². The number of rotatable bonds is 6. The van der Waals surface area contributed by atoms with Gasteiger partial charge in [-0.3, -0.25) is 0 Å². The topological polar surface area (TPSA) is 90.0 Å². The smallest absolute Gasteiger partial charge is 0.176 e. The lowest BCUT2D eigenvalue weighted by atomic mass is 9.98. The van der Waals surface area contributed by atoms with Crippen molar-refractivity contribution in [1.29, 1.82) is 0 Å². The lowest BCUT2D eigenvalue weighted by Crippen LogP contribution is -2.06. The first-order valence-corrected chi connectivity index (χ1v) is 13.9. The molecule has 10 heteroatoms. The van der Waals surface area contributed by atoms with Gasteiger partial charge in [0.25, 0.3) is 0 Å².